The molecular weight excluding hydrogens is 211 g/mol. The molecule has 1 aromatic rings. The van der Waals surface area contributed by atoms with E-state index in [9.17, 15) is 14.0 Å². The average molecular weight is 224 g/mol. The molecule has 0 aromatic heterocycles. The maximum atomic E-state index is 12.6. The van der Waals surface area contributed by atoms with Crippen LogP contribution in [0.3, 0.4) is 0 Å². The number of ketones is 1. The molecule has 3 nitrogen and oxygen atoms in total. The van der Waals surface area contributed by atoms with Crippen molar-refractivity contribution in [1.82, 2.24) is 0 Å². The van der Waals surface area contributed by atoms with E-state index >= 15 is 0 Å². The molecule has 86 valence electrons. The first-order valence-corrected chi connectivity index (χ1v) is 4.99. The Bertz CT molecular complexity index is 384. The molecule has 1 N–H and O–H groups in total. The quantitative estimate of drug-likeness (QED) is 0.782. The Balaban J connectivity index is 2.58. The summed E-state index contributed by atoms with van der Waals surface area (Å²) in [5.74, 6) is -1.68. The second kappa shape index (κ2) is 5.39. The zero-order chi connectivity index (χ0) is 12.1. The van der Waals surface area contributed by atoms with Gasteiger partial charge in [0.2, 0.25) is 0 Å². The largest absolute Gasteiger partial charge is 0.481 e. The molecule has 0 heterocycles. The Hall–Kier alpha value is -1.71. The fraction of sp³-hybridized carbons (Fsp3) is 0.333. The van der Waals surface area contributed by atoms with E-state index in [1.54, 1.807) is 6.92 Å². The lowest BCUT2D eigenvalue weighted by Crippen LogP contribution is -2.10. The SMILES string of the molecule is CC(CC(=O)O)CC(=O)c1ccc(F)cc1. The molecule has 0 aliphatic rings. The monoisotopic (exact) mass is 224 g/mol. The summed E-state index contributed by atoms with van der Waals surface area (Å²) < 4.78 is 12.6. The van der Waals surface area contributed by atoms with Gasteiger partial charge in [0.1, 0.15) is 5.82 Å². The van der Waals surface area contributed by atoms with Gasteiger partial charge in [-0.25, -0.2) is 4.39 Å². The first-order chi connectivity index (χ1) is 7.49. The van der Waals surface area contributed by atoms with Crippen molar-refractivity contribution in [2.45, 2.75) is 19.8 Å². The fourth-order valence-corrected chi connectivity index (χ4v) is 1.44. The van der Waals surface area contributed by atoms with Crippen molar-refractivity contribution in [2.24, 2.45) is 5.92 Å². The molecule has 1 unspecified atom stereocenters. The summed E-state index contributed by atoms with van der Waals surface area (Å²) in [5, 5.41) is 8.54. The molecular formula is C12H13FO3. The third-order valence-corrected chi connectivity index (χ3v) is 2.22. The Kier molecular flexibility index (Phi) is 4.17. The van der Waals surface area contributed by atoms with Gasteiger partial charge in [-0.3, -0.25) is 9.59 Å². The molecule has 0 aliphatic carbocycles. The Labute approximate surface area is 92.9 Å². The molecule has 0 spiro atoms. The normalized spacial score (nSPS) is 12.1. The van der Waals surface area contributed by atoms with Crippen molar-refractivity contribution in [3.8, 4) is 0 Å². The van der Waals surface area contributed by atoms with E-state index in [1.165, 1.54) is 24.3 Å². The summed E-state index contributed by atoms with van der Waals surface area (Å²) in [6.07, 6.45) is 0.130. The van der Waals surface area contributed by atoms with Crippen molar-refractivity contribution in [1.29, 1.82) is 0 Å². The summed E-state index contributed by atoms with van der Waals surface area (Å²) in [7, 11) is 0. The van der Waals surface area contributed by atoms with Gasteiger partial charge in [0.25, 0.3) is 0 Å². The van der Waals surface area contributed by atoms with E-state index in [1.807, 2.05) is 0 Å². The number of carbonyl (C=O) groups is 2. The third-order valence-electron chi connectivity index (χ3n) is 2.22. The van der Waals surface area contributed by atoms with Crippen molar-refractivity contribution >= 4 is 11.8 Å². The zero-order valence-corrected chi connectivity index (χ0v) is 8.94. The number of rotatable bonds is 5. The van der Waals surface area contributed by atoms with Gasteiger partial charge in [-0.05, 0) is 30.2 Å². The highest BCUT2D eigenvalue weighted by atomic mass is 19.1. The molecule has 1 rings (SSSR count). The maximum Gasteiger partial charge on any atom is 0.303 e. The van der Waals surface area contributed by atoms with E-state index in [-0.39, 0.29) is 24.5 Å². The van der Waals surface area contributed by atoms with Crippen LogP contribution < -0.4 is 0 Å². The summed E-state index contributed by atoms with van der Waals surface area (Å²) >= 11 is 0. The van der Waals surface area contributed by atoms with Gasteiger partial charge in [-0.2, -0.15) is 0 Å². The Morgan fingerprint density at radius 3 is 2.31 bits per heavy atom. The highest BCUT2D eigenvalue weighted by Gasteiger charge is 2.13. The first-order valence-electron chi connectivity index (χ1n) is 4.99. The number of carboxylic acids is 1. The second-order valence-electron chi connectivity index (χ2n) is 3.84. The van der Waals surface area contributed by atoms with Gasteiger partial charge in [0, 0.05) is 18.4 Å². The number of carbonyl (C=O) groups excluding carboxylic acids is 1. The van der Waals surface area contributed by atoms with E-state index in [0.717, 1.165) is 0 Å². The van der Waals surface area contributed by atoms with Crippen LogP contribution in [-0.2, 0) is 4.79 Å². The first kappa shape index (κ1) is 12.4. The van der Waals surface area contributed by atoms with Gasteiger partial charge >= 0.3 is 5.97 Å². The number of benzene rings is 1. The number of hydrogen-bond donors (Lipinski definition) is 1. The van der Waals surface area contributed by atoms with E-state index in [0.29, 0.717) is 5.56 Å². The van der Waals surface area contributed by atoms with Gasteiger partial charge in [-0.15, -0.1) is 0 Å². The highest BCUT2D eigenvalue weighted by Crippen LogP contribution is 2.13. The number of Topliss-reactive ketones (excluding diaryl/α,β-unsaturated/α-hetero) is 1. The lowest BCUT2D eigenvalue weighted by molar-refractivity contribution is -0.137. The molecule has 0 saturated heterocycles. The molecule has 4 heteroatoms. The molecule has 1 atom stereocenters. The van der Waals surface area contributed by atoms with E-state index in [2.05, 4.69) is 0 Å². The standard InChI is InChI=1S/C12H13FO3/c1-8(7-12(15)16)6-11(14)9-2-4-10(13)5-3-9/h2-5,8H,6-7H2,1H3,(H,15,16). The topological polar surface area (TPSA) is 54.4 Å². The molecule has 0 bridgehead atoms. The van der Waals surface area contributed by atoms with Crippen LogP contribution >= 0.6 is 0 Å². The number of carboxylic acid groups (broad SMARTS) is 1. The van der Waals surface area contributed by atoms with Crippen LogP contribution in [0.25, 0.3) is 0 Å². The van der Waals surface area contributed by atoms with Crippen molar-refractivity contribution in [3.63, 3.8) is 0 Å². The van der Waals surface area contributed by atoms with Gasteiger partial charge < -0.3 is 5.11 Å². The fourth-order valence-electron chi connectivity index (χ4n) is 1.44. The Morgan fingerprint density at radius 1 is 1.25 bits per heavy atom. The van der Waals surface area contributed by atoms with E-state index < -0.39 is 11.8 Å². The minimum Gasteiger partial charge on any atom is -0.481 e. The average Bonchev–Trinajstić information content (AvgIpc) is 2.16. The van der Waals surface area contributed by atoms with E-state index in [4.69, 9.17) is 5.11 Å². The number of aliphatic carboxylic acids is 1. The summed E-state index contributed by atoms with van der Waals surface area (Å²) in [6, 6.07) is 5.25. The van der Waals surface area contributed by atoms with Crippen molar-refractivity contribution in [2.75, 3.05) is 0 Å². The Morgan fingerprint density at radius 2 is 1.81 bits per heavy atom. The smallest absolute Gasteiger partial charge is 0.303 e. The lowest BCUT2D eigenvalue weighted by atomic mass is 9.97. The minimum absolute atomic E-state index is 0.0348. The highest BCUT2D eigenvalue weighted by molar-refractivity contribution is 5.96. The number of halogens is 1. The third kappa shape index (κ3) is 3.81. The van der Waals surface area contributed by atoms with Crippen molar-refractivity contribution in [3.05, 3.63) is 35.6 Å². The molecule has 0 fully saturated rings. The van der Waals surface area contributed by atoms with Crippen LogP contribution in [0, 0.1) is 11.7 Å². The number of hydrogen-bond acceptors (Lipinski definition) is 2. The maximum absolute atomic E-state index is 12.6. The summed E-state index contributed by atoms with van der Waals surface area (Å²) in [4.78, 5) is 22.0. The molecule has 0 saturated carbocycles. The van der Waals surface area contributed by atoms with Crippen LogP contribution in [0.5, 0.6) is 0 Å². The van der Waals surface area contributed by atoms with Gasteiger partial charge in [0.15, 0.2) is 5.78 Å². The van der Waals surface area contributed by atoms with Crippen LogP contribution in [0.1, 0.15) is 30.1 Å². The molecule has 1 aromatic carbocycles. The van der Waals surface area contributed by atoms with Crippen LogP contribution in [-0.4, -0.2) is 16.9 Å². The van der Waals surface area contributed by atoms with Crippen LogP contribution in [0.15, 0.2) is 24.3 Å². The predicted molar refractivity (Wildman–Crippen MR) is 56.8 cm³/mol. The molecule has 0 amide bonds. The molecule has 0 aliphatic heterocycles. The summed E-state index contributed by atoms with van der Waals surface area (Å²) in [6.45, 7) is 1.70. The van der Waals surface area contributed by atoms with Gasteiger partial charge in [-0.1, -0.05) is 6.92 Å². The van der Waals surface area contributed by atoms with Gasteiger partial charge in [0.05, 0.1) is 0 Å². The van der Waals surface area contributed by atoms with Crippen molar-refractivity contribution < 1.29 is 19.1 Å². The molecule has 16 heavy (non-hydrogen) atoms. The lowest BCUT2D eigenvalue weighted by Gasteiger charge is -2.07. The second-order valence-corrected chi connectivity index (χ2v) is 3.84. The zero-order valence-electron chi connectivity index (χ0n) is 8.94. The summed E-state index contributed by atoms with van der Waals surface area (Å²) in [5.41, 5.74) is 0.415. The molecule has 0 radical (unpaired) electrons. The minimum atomic E-state index is -0.917. The predicted octanol–water partition coefficient (Wildman–Crippen LogP) is 2.51. The van der Waals surface area contributed by atoms with Crippen LogP contribution in [0.2, 0.25) is 0 Å². The van der Waals surface area contributed by atoms with Crippen LogP contribution in [0.4, 0.5) is 4.39 Å².